The molecule has 0 saturated carbocycles. The Morgan fingerprint density at radius 3 is 2.23 bits per heavy atom. The zero-order valence-electron chi connectivity index (χ0n) is 14.2. The van der Waals surface area contributed by atoms with Crippen molar-refractivity contribution in [1.29, 1.82) is 0 Å². The second-order valence-corrected chi connectivity index (χ2v) is 7.17. The van der Waals surface area contributed by atoms with Crippen LogP contribution in [0.2, 0.25) is 0 Å². The lowest BCUT2D eigenvalue weighted by molar-refractivity contribution is -0.131. The molecule has 1 fully saturated rings. The van der Waals surface area contributed by atoms with Crippen molar-refractivity contribution in [3.8, 4) is 0 Å². The van der Waals surface area contributed by atoms with Crippen molar-refractivity contribution >= 4 is 11.7 Å². The number of β-amino-alcohol motifs (C(OH)–C–C–N with tert-alkyl or cyclic N) is 1. The van der Waals surface area contributed by atoms with Gasteiger partial charge < -0.3 is 10.0 Å². The SMILES string of the molecule is CC(=O)c1c(C)nn(CC(=O)N2CC(C)(C)C(C)(O)C2)c1C. The summed E-state index contributed by atoms with van der Waals surface area (Å²) in [5.74, 6) is -0.134. The van der Waals surface area contributed by atoms with Crippen molar-refractivity contribution in [1.82, 2.24) is 14.7 Å². The van der Waals surface area contributed by atoms with Gasteiger partial charge in [-0.1, -0.05) is 13.8 Å². The molecule has 6 heteroatoms. The molecule has 0 radical (unpaired) electrons. The number of nitrogens with zero attached hydrogens (tertiary/aromatic N) is 3. The monoisotopic (exact) mass is 307 g/mol. The van der Waals surface area contributed by atoms with Crippen LogP contribution in [-0.2, 0) is 11.3 Å². The molecular weight excluding hydrogens is 282 g/mol. The molecule has 1 aromatic heterocycles. The molecule has 1 saturated heterocycles. The molecule has 122 valence electrons. The molecular formula is C16H25N3O3. The van der Waals surface area contributed by atoms with E-state index in [1.165, 1.54) is 6.92 Å². The molecule has 1 amide bonds. The number of likely N-dealkylation sites (tertiary alicyclic amines) is 1. The summed E-state index contributed by atoms with van der Waals surface area (Å²) in [4.78, 5) is 25.8. The third-order valence-electron chi connectivity index (χ3n) is 4.91. The third kappa shape index (κ3) is 2.67. The van der Waals surface area contributed by atoms with E-state index in [1.54, 1.807) is 30.4 Å². The molecule has 6 nitrogen and oxygen atoms in total. The maximum atomic E-state index is 12.5. The van der Waals surface area contributed by atoms with Crippen molar-refractivity contribution in [2.24, 2.45) is 5.41 Å². The molecule has 2 rings (SSSR count). The van der Waals surface area contributed by atoms with Crippen molar-refractivity contribution in [2.45, 2.75) is 53.7 Å². The fraction of sp³-hybridized carbons (Fsp3) is 0.688. The maximum absolute atomic E-state index is 12.5. The molecule has 1 aromatic rings. The number of carbonyl (C=O) groups excluding carboxylic acids is 2. The fourth-order valence-electron chi connectivity index (χ4n) is 3.05. The van der Waals surface area contributed by atoms with Gasteiger partial charge in [0.2, 0.25) is 5.91 Å². The number of ketones is 1. The molecule has 1 aliphatic rings. The van der Waals surface area contributed by atoms with E-state index in [-0.39, 0.29) is 23.7 Å². The first-order valence-corrected chi connectivity index (χ1v) is 7.51. The van der Waals surface area contributed by atoms with E-state index < -0.39 is 5.60 Å². The Morgan fingerprint density at radius 1 is 1.23 bits per heavy atom. The predicted molar refractivity (Wildman–Crippen MR) is 82.7 cm³/mol. The van der Waals surface area contributed by atoms with Crippen LogP contribution < -0.4 is 0 Å². The lowest BCUT2D eigenvalue weighted by atomic mass is 9.79. The second-order valence-electron chi connectivity index (χ2n) is 7.17. The number of aliphatic hydroxyl groups is 1. The minimum absolute atomic E-state index is 0.0426. The van der Waals surface area contributed by atoms with E-state index in [9.17, 15) is 14.7 Å². The molecule has 0 aliphatic carbocycles. The number of hydrogen-bond donors (Lipinski definition) is 1. The summed E-state index contributed by atoms with van der Waals surface area (Å²) in [7, 11) is 0. The van der Waals surface area contributed by atoms with Crippen LogP contribution in [0.5, 0.6) is 0 Å². The molecule has 0 spiro atoms. The summed E-state index contributed by atoms with van der Waals surface area (Å²) in [6.07, 6.45) is 0. The first-order valence-electron chi connectivity index (χ1n) is 7.51. The number of Topliss-reactive ketones (excluding diaryl/α,β-unsaturated/α-hetero) is 1. The summed E-state index contributed by atoms with van der Waals surface area (Å²) in [5.41, 5.74) is 0.696. The minimum Gasteiger partial charge on any atom is -0.388 e. The normalized spacial score (nSPS) is 23.9. The standard InChI is InChI=1S/C16H25N3O3/c1-10-14(12(3)20)11(2)19(17-10)7-13(21)18-8-15(4,5)16(6,22)9-18/h22H,7-9H2,1-6H3. The van der Waals surface area contributed by atoms with Gasteiger partial charge in [-0.05, 0) is 27.7 Å². The van der Waals surface area contributed by atoms with Crippen LogP contribution in [0.3, 0.4) is 0 Å². The maximum Gasteiger partial charge on any atom is 0.244 e. The number of rotatable bonds is 3. The average molecular weight is 307 g/mol. The average Bonchev–Trinajstić information content (AvgIpc) is 2.73. The Hall–Kier alpha value is -1.69. The van der Waals surface area contributed by atoms with E-state index in [1.807, 2.05) is 13.8 Å². The first-order chi connectivity index (χ1) is 9.96. The number of hydrogen-bond acceptors (Lipinski definition) is 4. The molecule has 1 aliphatic heterocycles. The third-order valence-corrected chi connectivity index (χ3v) is 4.91. The molecule has 1 N–H and O–H groups in total. The number of aromatic nitrogens is 2. The van der Waals surface area contributed by atoms with Crippen LogP contribution in [-0.4, -0.2) is 50.2 Å². The Kier molecular flexibility index (Phi) is 3.94. The Morgan fingerprint density at radius 2 is 1.82 bits per heavy atom. The summed E-state index contributed by atoms with van der Waals surface area (Å²) < 4.78 is 1.58. The highest BCUT2D eigenvalue weighted by Gasteiger charge is 2.49. The number of carbonyl (C=O) groups is 2. The van der Waals surface area contributed by atoms with E-state index in [0.717, 1.165) is 0 Å². The highest BCUT2D eigenvalue weighted by atomic mass is 16.3. The van der Waals surface area contributed by atoms with E-state index in [2.05, 4.69) is 5.10 Å². The zero-order valence-corrected chi connectivity index (χ0v) is 14.2. The summed E-state index contributed by atoms with van der Waals surface area (Å²) in [6.45, 7) is 11.7. The molecule has 0 bridgehead atoms. The van der Waals surface area contributed by atoms with Gasteiger partial charge in [-0.3, -0.25) is 14.3 Å². The van der Waals surface area contributed by atoms with Gasteiger partial charge in [0.1, 0.15) is 6.54 Å². The van der Waals surface area contributed by atoms with Gasteiger partial charge >= 0.3 is 0 Å². The van der Waals surface area contributed by atoms with Crippen molar-refractivity contribution in [3.63, 3.8) is 0 Å². The molecule has 1 atom stereocenters. The largest absolute Gasteiger partial charge is 0.388 e. The lowest BCUT2D eigenvalue weighted by Gasteiger charge is -2.30. The topological polar surface area (TPSA) is 75.4 Å². The Balaban J connectivity index is 2.18. The molecule has 1 unspecified atom stereocenters. The van der Waals surface area contributed by atoms with Crippen LogP contribution in [0.15, 0.2) is 0 Å². The molecule has 2 heterocycles. The number of amides is 1. The Labute approximate surface area is 131 Å². The van der Waals surface area contributed by atoms with E-state index >= 15 is 0 Å². The van der Waals surface area contributed by atoms with E-state index in [0.29, 0.717) is 30.0 Å². The van der Waals surface area contributed by atoms with Crippen LogP contribution in [0.1, 0.15) is 49.4 Å². The highest BCUT2D eigenvalue weighted by molar-refractivity contribution is 5.96. The van der Waals surface area contributed by atoms with Crippen LogP contribution >= 0.6 is 0 Å². The second kappa shape index (κ2) is 5.19. The van der Waals surface area contributed by atoms with Crippen molar-refractivity contribution in [3.05, 3.63) is 17.0 Å². The van der Waals surface area contributed by atoms with Gasteiger partial charge in [0, 0.05) is 24.2 Å². The zero-order chi connectivity index (χ0) is 16.9. The summed E-state index contributed by atoms with van der Waals surface area (Å²) in [6, 6.07) is 0. The minimum atomic E-state index is -0.901. The molecule has 22 heavy (non-hydrogen) atoms. The van der Waals surface area contributed by atoms with Gasteiger partial charge in [0.15, 0.2) is 5.78 Å². The van der Waals surface area contributed by atoms with Crippen molar-refractivity contribution in [2.75, 3.05) is 13.1 Å². The molecule has 0 aromatic carbocycles. The van der Waals surface area contributed by atoms with Gasteiger partial charge in [-0.2, -0.15) is 5.10 Å². The van der Waals surface area contributed by atoms with Crippen LogP contribution in [0, 0.1) is 19.3 Å². The van der Waals surface area contributed by atoms with Crippen LogP contribution in [0.25, 0.3) is 0 Å². The highest BCUT2D eigenvalue weighted by Crippen LogP contribution is 2.38. The quantitative estimate of drug-likeness (QED) is 0.855. The van der Waals surface area contributed by atoms with Gasteiger partial charge in [0.05, 0.1) is 16.9 Å². The van der Waals surface area contributed by atoms with Crippen molar-refractivity contribution < 1.29 is 14.7 Å². The van der Waals surface area contributed by atoms with Gasteiger partial charge in [0.25, 0.3) is 0 Å². The first kappa shape index (κ1) is 16.7. The van der Waals surface area contributed by atoms with Gasteiger partial charge in [-0.25, -0.2) is 0 Å². The summed E-state index contributed by atoms with van der Waals surface area (Å²) >= 11 is 0. The summed E-state index contributed by atoms with van der Waals surface area (Å²) in [5, 5.41) is 14.7. The number of aryl methyl sites for hydroxylation is 1. The Bertz CT molecular complexity index is 613. The van der Waals surface area contributed by atoms with Gasteiger partial charge in [-0.15, -0.1) is 0 Å². The van der Waals surface area contributed by atoms with E-state index in [4.69, 9.17) is 0 Å². The lowest BCUT2D eigenvalue weighted by Crippen LogP contribution is -2.40. The van der Waals surface area contributed by atoms with Crippen LogP contribution in [0.4, 0.5) is 0 Å². The predicted octanol–water partition coefficient (Wildman–Crippen LogP) is 1.32. The smallest absolute Gasteiger partial charge is 0.244 e. The fourth-order valence-corrected chi connectivity index (χ4v) is 3.05.